The topological polar surface area (TPSA) is 12.0 Å². The lowest BCUT2D eigenvalue weighted by Gasteiger charge is -2.25. The van der Waals surface area contributed by atoms with Gasteiger partial charge in [-0.25, -0.2) is 0 Å². The van der Waals surface area contributed by atoms with Crippen molar-refractivity contribution >= 4 is 0 Å². The van der Waals surface area contributed by atoms with Gasteiger partial charge < -0.3 is 5.32 Å². The van der Waals surface area contributed by atoms with Crippen LogP contribution in [0, 0.1) is 11.8 Å². The van der Waals surface area contributed by atoms with Gasteiger partial charge in [0.2, 0.25) is 0 Å². The molecule has 100 valence electrons. The normalized spacial score (nSPS) is 32.3. The van der Waals surface area contributed by atoms with Crippen molar-refractivity contribution < 1.29 is 0 Å². The van der Waals surface area contributed by atoms with E-state index in [9.17, 15) is 0 Å². The fourth-order valence-corrected chi connectivity index (χ4v) is 3.72. The number of nitrogens with one attached hydrogen (secondary N) is 1. The van der Waals surface area contributed by atoms with Crippen molar-refractivity contribution in [3.63, 3.8) is 0 Å². The average molecular weight is 237 g/mol. The van der Waals surface area contributed by atoms with Gasteiger partial charge >= 0.3 is 0 Å². The van der Waals surface area contributed by atoms with E-state index in [0.717, 1.165) is 17.9 Å². The maximum absolute atomic E-state index is 3.88. The molecule has 2 rings (SSSR count). The fourth-order valence-electron chi connectivity index (χ4n) is 3.72. The molecule has 0 aromatic rings. The Labute approximate surface area is 108 Å². The van der Waals surface area contributed by atoms with Crippen molar-refractivity contribution in [3.8, 4) is 0 Å². The summed E-state index contributed by atoms with van der Waals surface area (Å²) in [5, 5.41) is 3.88. The highest BCUT2D eigenvalue weighted by molar-refractivity contribution is 4.76. The van der Waals surface area contributed by atoms with E-state index in [1.807, 2.05) is 0 Å². The van der Waals surface area contributed by atoms with Crippen LogP contribution in [0.15, 0.2) is 0 Å². The van der Waals surface area contributed by atoms with Gasteiger partial charge in [0.1, 0.15) is 0 Å². The predicted molar refractivity (Wildman–Crippen MR) is 75.2 cm³/mol. The molecule has 2 saturated carbocycles. The largest absolute Gasteiger partial charge is 0.314 e. The van der Waals surface area contributed by atoms with E-state index >= 15 is 0 Å². The van der Waals surface area contributed by atoms with Crippen molar-refractivity contribution in [1.82, 2.24) is 5.32 Å². The molecule has 0 aromatic carbocycles. The predicted octanol–water partition coefficient (Wildman–Crippen LogP) is 4.52. The lowest BCUT2D eigenvalue weighted by Crippen LogP contribution is -2.33. The van der Waals surface area contributed by atoms with Crippen molar-refractivity contribution in [2.75, 3.05) is 6.54 Å². The minimum atomic E-state index is 0.841. The van der Waals surface area contributed by atoms with E-state index in [4.69, 9.17) is 0 Å². The molecule has 2 fully saturated rings. The molecular formula is C16H31N. The average Bonchev–Trinajstić information content (AvgIpc) is 2.62. The highest BCUT2D eigenvalue weighted by Gasteiger charge is 2.19. The first-order valence-electron chi connectivity index (χ1n) is 8.12. The molecule has 1 heteroatoms. The van der Waals surface area contributed by atoms with Crippen LogP contribution in [0.5, 0.6) is 0 Å². The smallest absolute Gasteiger partial charge is 0.00672 e. The van der Waals surface area contributed by atoms with Gasteiger partial charge in [0, 0.05) is 6.04 Å². The van der Waals surface area contributed by atoms with E-state index < -0.39 is 0 Å². The first-order chi connectivity index (χ1) is 8.38. The Bertz CT molecular complexity index is 196. The van der Waals surface area contributed by atoms with Crippen molar-refractivity contribution in [2.24, 2.45) is 11.8 Å². The third-order valence-corrected chi connectivity index (χ3v) is 5.09. The summed E-state index contributed by atoms with van der Waals surface area (Å²) in [6.45, 7) is 3.67. The third kappa shape index (κ3) is 4.62. The van der Waals surface area contributed by atoms with Crippen LogP contribution in [0.1, 0.15) is 77.6 Å². The molecule has 2 atom stereocenters. The Morgan fingerprint density at radius 2 is 1.53 bits per heavy atom. The van der Waals surface area contributed by atoms with Gasteiger partial charge in [-0.05, 0) is 50.5 Å². The number of hydrogen-bond acceptors (Lipinski definition) is 1. The van der Waals surface area contributed by atoms with Crippen molar-refractivity contribution in [3.05, 3.63) is 0 Å². The summed E-state index contributed by atoms with van der Waals surface area (Å²) < 4.78 is 0. The Morgan fingerprint density at radius 1 is 0.765 bits per heavy atom. The maximum atomic E-state index is 3.88. The minimum Gasteiger partial charge on any atom is -0.314 e. The summed E-state index contributed by atoms with van der Waals surface area (Å²) in [5.41, 5.74) is 0. The second-order valence-corrected chi connectivity index (χ2v) is 6.39. The van der Waals surface area contributed by atoms with Crippen LogP contribution in [0.3, 0.4) is 0 Å². The molecule has 1 nitrogen and oxygen atoms in total. The molecule has 17 heavy (non-hydrogen) atoms. The zero-order valence-electron chi connectivity index (χ0n) is 11.7. The van der Waals surface area contributed by atoms with Crippen LogP contribution in [0.2, 0.25) is 0 Å². The van der Waals surface area contributed by atoms with Crippen LogP contribution in [0.25, 0.3) is 0 Å². The highest BCUT2D eigenvalue weighted by atomic mass is 14.9. The van der Waals surface area contributed by atoms with Gasteiger partial charge in [-0.15, -0.1) is 0 Å². The summed E-state index contributed by atoms with van der Waals surface area (Å²) in [5.74, 6) is 2.02. The first-order valence-corrected chi connectivity index (χ1v) is 8.12. The summed E-state index contributed by atoms with van der Waals surface area (Å²) >= 11 is 0. The molecule has 2 aliphatic rings. The van der Waals surface area contributed by atoms with Crippen LogP contribution in [-0.4, -0.2) is 12.6 Å². The highest BCUT2D eigenvalue weighted by Crippen LogP contribution is 2.27. The van der Waals surface area contributed by atoms with Gasteiger partial charge in [-0.1, -0.05) is 45.4 Å². The van der Waals surface area contributed by atoms with Gasteiger partial charge in [-0.2, -0.15) is 0 Å². The lowest BCUT2D eigenvalue weighted by molar-refractivity contribution is 0.317. The fraction of sp³-hybridized carbons (Fsp3) is 1.00. The first kappa shape index (κ1) is 13.4. The molecule has 0 aliphatic heterocycles. The zero-order valence-corrected chi connectivity index (χ0v) is 11.7. The molecule has 1 N–H and O–H groups in total. The second-order valence-electron chi connectivity index (χ2n) is 6.39. The van der Waals surface area contributed by atoms with E-state index in [0.29, 0.717) is 0 Å². The summed E-state index contributed by atoms with van der Waals surface area (Å²) in [6.07, 6.45) is 16.1. The standard InChI is InChI=1S/C16H31N/c1-2-14-9-6-10-16(12-11-14)17-13-15-7-4-3-5-8-15/h14-17H,2-13H2,1H3. The van der Waals surface area contributed by atoms with E-state index in [2.05, 4.69) is 12.2 Å². The summed E-state index contributed by atoms with van der Waals surface area (Å²) in [6, 6.07) is 0.841. The van der Waals surface area contributed by atoms with Crippen LogP contribution in [0.4, 0.5) is 0 Å². The van der Waals surface area contributed by atoms with Gasteiger partial charge in [0.15, 0.2) is 0 Å². The minimum absolute atomic E-state index is 0.841. The Morgan fingerprint density at radius 3 is 2.29 bits per heavy atom. The maximum Gasteiger partial charge on any atom is 0.00672 e. The molecule has 0 aromatic heterocycles. The van der Waals surface area contributed by atoms with Gasteiger partial charge in [0.25, 0.3) is 0 Å². The molecule has 0 heterocycles. The molecule has 0 spiro atoms. The summed E-state index contributed by atoms with van der Waals surface area (Å²) in [4.78, 5) is 0. The monoisotopic (exact) mass is 237 g/mol. The SMILES string of the molecule is CCC1CCCC(NCC2CCCCC2)CC1. The number of rotatable bonds is 4. The van der Waals surface area contributed by atoms with Gasteiger partial charge in [0.05, 0.1) is 0 Å². The molecule has 0 amide bonds. The van der Waals surface area contributed by atoms with E-state index in [1.165, 1.54) is 77.2 Å². The van der Waals surface area contributed by atoms with Gasteiger partial charge in [-0.3, -0.25) is 0 Å². The summed E-state index contributed by atoms with van der Waals surface area (Å²) in [7, 11) is 0. The van der Waals surface area contributed by atoms with Crippen molar-refractivity contribution in [1.29, 1.82) is 0 Å². The van der Waals surface area contributed by atoms with Crippen molar-refractivity contribution in [2.45, 2.75) is 83.6 Å². The quantitative estimate of drug-likeness (QED) is 0.709. The van der Waals surface area contributed by atoms with Crippen LogP contribution >= 0.6 is 0 Å². The molecule has 0 bridgehead atoms. The van der Waals surface area contributed by atoms with E-state index in [-0.39, 0.29) is 0 Å². The molecule has 0 radical (unpaired) electrons. The van der Waals surface area contributed by atoms with E-state index in [1.54, 1.807) is 0 Å². The lowest BCUT2D eigenvalue weighted by atomic mass is 9.89. The second kappa shape index (κ2) is 7.41. The Hall–Kier alpha value is -0.0400. The Balaban J connectivity index is 1.64. The third-order valence-electron chi connectivity index (χ3n) is 5.09. The van der Waals surface area contributed by atoms with Crippen LogP contribution < -0.4 is 5.32 Å². The zero-order chi connectivity index (χ0) is 11.9. The Kier molecular flexibility index (Phi) is 5.84. The number of hydrogen-bond donors (Lipinski definition) is 1. The molecule has 0 saturated heterocycles. The van der Waals surface area contributed by atoms with Crippen LogP contribution in [-0.2, 0) is 0 Å². The molecular weight excluding hydrogens is 206 g/mol. The molecule has 2 unspecified atom stereocenters. The molecule has 2 aliphatic carbocycles.